The number of unbranched alkanes of at least 4 members (excludes halogenated alkanes) is 1. The predicted molar refractivity (Wildman–Crippen MR) is 80.3 cm³/mol. The van der Waals surface area contributed by atoms with E-state index in [2.05, 4.69) is 18.6 Å². The molecule has 0 spiro atoms. The van der Waals surface area contributed by atoms with E-state index < -0.39 is 10.0 Å². The smallest absolute Gasteiger partial charge is 0.240 e. The largest absolute Gasteiger partial charge is 0.295 e. The van der Waals surface area contributed by atoms with Crippen molar-refractivity contribution in [2.45, 2.75) is 44.9 Å². The van der Waals surface area contributed by atoms with Crippen LogP contribution in [0.1, 0.15) is 50.4 Å². The van der Waals surface area contributed by atoms with Gasteiger partial charge in [-0.3, -0.25) is 4.79 Å². The van der Waals surface area contributed by atoms with Crippen LogP contribution in [0.15, 0.2) is 29.2 Å². The molecular weight excluding hydrogens is 274 g/mol. The van der Waals surface area contributed by atoms with Gasteiger partial charge in [0.15, 0.2) is 5.78 Å². The van der Waals surface area contributed by atoms with Gasteiger partial charge in [0.2, 0.25) is 10.0 Å². The average molecular weight is 297 g/mol. The molecule has 1 rings (SSSR count). The highest BCUT2D eigenvalue weighted by molar-refractivity contribution is 7.89. The van der Waals surface area contributed by atoms with Gasteiger partial charge in [-0.15, -0.1) is 0 Å². The minimum absolute atomic E-state index is 0.0735. The number of benzene rings is 1. The van der Waals surface area contributed by atoms with Crippen LogP contribution in [0.4, 0.5) is 0 Å². The van der Waals surface area contributed by atoms with Crippen LogP contribution < -0.4 is 4.72 Å². The Balaban J connectivity index is 2.54. The molecule has 5 heteroatoms. The van der Waals surface area contributed by atoms with Crippen molar-refractivity contribution in [3.8, 4) is 0 Å². The summed E-state index contributed by atoms with van der Waals surface area (Å²) in [6.07, 6.45) is 2.96. The third kappa shape index (κ3) is 5.43. The molecule has 20 heavy (non-hydrogen) atoms. The molecule has 0 heterocycles. The molecule has 0 amide bonds. The maximum Gasteiger partial charge on any atom is 0.240 e. The number of carbonyl (C=O) groups is 1. The molecule has 0 bridgehead atoms. The van der Waals surface area contributed by atoms with E-state index in [0.29, 0.717) is 18.0 Å². The molecule has 0 aromatic heterocycles. The number of Topliss-reactive ketones (excluding diaryl/α,β-unsaturated/α-hetero) is 1. The first kappa shape index (κ1) is 16.9. The minimum atomic E-state index is -3.46. The van der Waals surface area contributed by atoms with E-state index >= 15 is 0 Å². The van der Waals surface area contributed by atoms with E-state index in [1.807, 2.05) is 0 Å². The van der Waals surface area contributed by atoms with Crippen LogP contribution in [-0.2, 0) is 10.0 Å². The number of sulfonamides is 1. The predicted octanol–water partition coefficient (Wildman–Crippen LogP) is 2.99. The second-order valence-corrected chi connectivity index (χ2v) is 7.13. The van der Waals surface area contributed by atoms with Gasteiger partial charge in [0.25, 0.3) is 0 Å². The number of rotatable bonds is 8. The molecule has 0 saturated carbocycles. The Kier molecular flexibility index (Phi) is 6.36. The van der Waals surface area contributed by atoms with Crippen LogP contribution in [0.2, 0.25) is 0 Å². The fourth-order valence-corrected chi connectivity index (χ4v) is 2.91. The van der Waals surface area contributed by atoms with E-state index in [1.54, 1.807) is 0 Å². The van der Waals surface area contributed by atoms with Gasteiger partial charge < -0.3 is 0 Å². The van der Waals surface area contributed by atoms with Gasteiger partial charge in [0.1, 0.15) is 0 Å². The lowest BCUT2D eigenvalue weighted by Crippen LogP contribution is -2.24. The molecule has 0 aliphatic rings. The topological polar surface area (TPSA) is 63.2 Å². The summed E-state index contributed by atoms with van der Waals surface area (Å²) in [5.74, 6) is 0.571. The summed E-state index contributed by atoms with van der Waals surface area (Å²) >= 11 is 0. The molecule has 1 aromatic rings. The van der Waals surface area contributed by atoms with Gasteiger partial charge in [-0.2, -0.15) is 0 Å². The molecule has 112 valence electrons. The average Bonchev–Trinajstić information content (AvgIpc) is 2.38. The Bertz CT molecular complexity index is 533. The van der Waals surface area contributed by atoms with Crippen molar-refractivity contribution < 1.29 is 13.2 Å². The molecule has 0 fully saturated rings. The Hall–Kier alpha value is -1.20. The first-order valence-electron chi connectivity index (χ1n) is 6.93. The molecule has 0 atom stereocenters. The van der Waals surface area contributed by atoms with Crippen molar-refractivity contribution in [1.29, 1.82) is 0 Å². The molecule has 0 aliphatic heterocycles. The summed E-state index contributed by atoms with van der Waals surface area (Å²) in [5.41, 5.74) is 0.515. The van der Waals surface area contributed by atoms with Gasteiger partial charge in [-0.1, -0.05) is 38.8 Å². The van der Waals surface area contributed by atoms with Crippen molar-refractivity contribution in [1.82, 2.24) is 4.72 Å². The van der Waals surface area contributed by atoms with Gasteiger partial charge in [-0.05, 0) is 31.4 Å². The maximum absolute atomic E-state index is 12.0. The Labute approximate surface area is 121 Å². The third-order valence-electron chi connectivity index (χ3n) is 3.07. The lowest BCUT2D eigenvalue weighted by Gasteiger charge is -2.08. The molecule has 1 aromatic carbocycles. The van der Waals surface area contributed by atoms with Crippen LogP contribution >= 0.6 is 0 Å². The Morgan fingerprint density at radius 2 is 1.75 bits per heavy atom. The van der Waals surface area contributed by atoms with Crippen molar-refractivity contribution >= 4 is 15.8 Å². The zero-order valence-corrected chi connectivity index (χ0v) is 13.2. The minimum Gasteiger partial charge on any atom is -0.295 e. The number of ketones is 1. The van der Waals surface area contributed by atoms with Gasteiger partial charge in [0, 0.05) is 12.1 Å². The van der Waals surface area contributed by atoms with E-state index in [0.717, 1.165) is 19.3 Å². The SMILES string of the molecule is CC(=O)c1ccc(S(=O)(=O)NCCCCC(C)C)cc1. The fraction of sp³-hybridized carbons (Fsp3) is 0.533. The highest BCUT2D eigenvalue weighted by atomic mass is 32.2. The number of carbonyl (C=O) groups excluding carboxylic acids is 1. The van der Waals surface area contributed by atoms with Gasteiger partial charge >= 0.3 is 0 Å². The molecule has 4 nitrogen and oxygen atoms in total. The molecular formula is C15H23NO3S. The van der Waals surface area contributed by atoms with Crippen LogP contribution in [-0.4, -0.2) is 20.7 Å². The number of hydrogen-bond donors (Lipinski definition) is 1. The summed E-state index contributed by atoms with van der Waals surface area (Å²) in [5, 5.41) is 0. The summed E-state index contributed by atoms with van der Waals surface area (Å²) in [4.78, 5) is 11.3. The standard InChI is InChI=1S/C15H23NO3S/c1-12(2)6-4-5-11-16-20(18,19)15-9-7-14(8-10-15)13(3)17/h7-10,12,16H,4-6,11H2,1-3H3. The Morgan fingerprint density at radius 3 is 2.25 bits per heavy atom. The maximum atomic E-state index is 12.0. The van der Waals surface area contributed by atoms with Crippen molar-refractivity contribution in [3.05, 3.63) is 29.8 Å². The van der Waals surface area contributed by atoms with Crippen LogP contribution in [0.3, 0.4) is 0 Å². The molecule has 0 saturated heterocycles. The molecule has 0 unspecified atom stereocenters. The third-order valence-corrected chi connectivity index (χ3v) is 4.55. The lowest BCUT2D eigenvalue weighted by molar-refractivity contribution is 0.101. The van der Waals surface area contributed by atoms with E-state index in [1.165, 1.54) is 31.2 Å². The van der Waals surface area contributed by atoms with Crippen LogP contribution in [0.25, 0.3) is 0 Å². The zero-order chi connectivity index (χ0) is 15.2. The normalized spacial score (nSPS) is 11.8. The van der Waals surface area contributed by atoms with Gasteiger partial charge in [-0.25, -0.2) is 13.1 Å². The van der Waals surface area contributed by atoms with Crippen molar-refractivity contribution in [3.63, 3.8) is 0 Å². The number of hydrogen-bond acceptors (Lipinski definition) is 3. The van der Waals surface area contributed by atoms with Crippen LogP contribution in [0.5, 0.6) is 0 Å². The lowest BCUT2D eigenvalue weighted by atomic mass is 10.1. The van der Waals surface area contributed by atoms with Crippen molar-refractivity contribution in [2.24, 2.45) is 5.92 Å². The number of nitrogens with one attached hydrogen (secondary N) is 1. The zero-order valence-electron chi connectivity index (χ0n) is 12.3. The first-order valence-corrected chi connectivity index (χ1v) is 8.42. The molecule has 1 N–H and O–H groups in total. The second-order valence-electron chi connectivity index (χ2n) is 5.37. The second kappa shape index (κ2) is 7.55. The molecule has 0 radical (unpaired) electrons. The summed E-state index contributed by atoms with van der Waals surface area (Å²) in [6.45, 7) is 6.21. The van der Waals surface area contributed by atoms with E-state index in [4.69, 9.17) is 0 Å². The van der Waals surface area contributed by atoms with E-state index in [9.17, 15) is 13.2 Å². The van der Waals surface area contributed by atoms with E-state index in [-0.39, 0.29) is 10.7 Å². The van der Waals surface area contributed by atoms with Crippen molar-refractivity contribution in [2.75, 3.05) is 6.54 Å². The first-order chi connectivity index (χ1) is 9.33. The monoisotopic (exact) mass is 297 g/mol. The van der Waals surface area contributed by atoms with Crippen LogP contribution in [0, 0.1) is 5.92 Å². The van der Waals surface area contributed by atoms with Gasteiger partial charge in [0.05, 0.1) is 4.90 Å². The highest BCUT2D eigenvalue weighted by Gasteiger charge is 2.13. The highest BCUT2D eigenvalue weighted by Crippen LogP contribution is 2.11. The fourth-order valence-electron chi connectivity index (χ4n) is 1.84. The quantitative estimate of drug-likeness (QED) is 0.592. The Morgan fingerprint density at radius 1 is 1.15 bits per heavy atom. The summed E-state index contributed by atoms with van der Waals surface area (Å²) < 4.78 is 26.6. The summed E-state index contributed by atoms with van der Waals surface area (Å²) in [6, 6.07) is 6.01. The molecule has 0 aliphatic carbocycles. The summed E-state index contributed by atoms with van der Waals surface area (Å²) in [7, 11) is -3.46.